The highest BCUT2D eigenvalue weighted by molar-refractivity contribution is 7.23. The van der Waals surface area contributed by atoms with Crippen molar-refractivity contribution in [2.75, 3.05) is 11.5 Å². The first-order valence-electron chi connectivity index (χ1n) is 6.37. The molecule has 0 unspecified atom stereocenters. The lowest BCUT2D eigenvalue weighted by molar-refractivity contribution is 1.14. The first-order valence-corrected chi connectivity index (χ1v) is 7.18. The Labute approximate surface area is 128 Å². The smallest absolute Gasteiger partial charge is 0.110 e. The molecule has 0 spiro atoms. The topological polar surface area (TPSA) is 52.0 Å². The van der Waals surface area contributed by atoms with Gasteiger partial charge in [0, 0.05) is 10.1 Å². The zero-order valence-corrected chi connectivity index (χ0v) is 12.9. The molecule has 0 saturated heterocycles. The van der Waals surface area contributed by atoms with Gasteiger partial charge >= 0.3 is 0 Å². The molecule has 0 radical (unpaired) electrons. The third-order valence-electron chi connectivity index (χ3n) is 3.47. The zero-order chi connectivity index (χ0) is 13.4. The minimum absolute atomic E-state index is 0. The molecule has 1 aromatic heterocycles. The Balaban J connectivity index is 0.00000147. The molecule has 3 rings (SSSR count). The number of halogens is 1. The molecule has 0 amide bonds. The second kappa shape index (κ2) is 5.73. The molecule has 1 heterocycles. The predicted molar refractivity (Wildman–Crippen MR) is 92.7 cm³/mol. The van der Waals surface area contributed by atoms with E-state index in [1.54, 1.807) is 11.3 Å². The lowest BCUT2D eigenvalue weighted by Gasteiger charge is -2.10. The van der Waals surface area contributed by atoms with E-state index in [0.717, 1.165) is 16.5 Å². The van der Waals surface area contributed by atoms with E-state index in [9.17, 15) is 0 Å². The number of nitrogens with two attached hydrogens (primary N) is 2. The normalized spacial score (nSPS) is 10.4. The Hall–Kier alpha value is -1.71. The van der Waals surface area contributed by atoms with Crippen molar-refractivity contribution in [2.45, 2.75) is 13.3 Å². The van der Waals surface area contributed by atoms with Crippen LogP contribution in [0.15, 0.2) is 42.5 Å². The van der Waals surface area contributed by atoms with Gasteiger partial charge in [-0.05, 0) is 29.2 Å². The van der Waals surface area contributed by atoms with Crippen molar-refractivity contribution in [1.29, 1.82) is 0 Å². The van der Waals surface area contributed by atoms with Crippen LogP contribution < -0.4 is 11.5 Å². The van der Waals surface area contributed by atoms with E-state index in [2.05, 4.69) is 49.4 Å². The van der Waals surface area contributed by atoms with Crippen LogP contribution in [0.5, 0.6) is 0 Å². The molecule has 20 heavy (non-hydrogen) atoms. The van der Waals surface area contributed by atoms with E-state index in [4.69, 9.17) is 11.5 Å². The average molecular weight is 305 g/mol. The van der Waals surface area contributed by atoms with Gasteiger partial charge in [-0.1, -0.05) is 43.3 Å². The second-order valence-corrected chi connectivity index (χ2v) is 5.65. The van der Waals surface area contributed by atoms with Crippen LogP contribution in [0.3, 0.4) is 0 Å². The first kappa shape index (κ1) is 14.7. The van der Waals surface area contributed by atoms with Crippen molar-refractivity contribution in [1.82, 2.24) is 0 Å². The Morgan fingerprint density at radius 2 is 1.65 bits per heavy atom. The van der Waals surface area contributed by atoms with E-state index in [1.165, 1.54) is 16.7 Å². The van der Waals surface area contributed by atoms with Crippen LogP contribution in [0.1, 0.15) is 12.5 Å². The molecule has 104 valence electrons. The molecule has 3 aromatic rings. The van der Waals surface area contributed by atoms with Gasteiger partial charge in [-0.2, -0.15) is 0 Å². The maximum absolute atomic E-state index is 6.15. The Morgan fingerprint density at radius 3 is 2.40 bits per heavy atom. The molecule has 4 N–H and O–H groups in total. The molecule has 0 fully saturated rings. The molecule has 0 aliphatic rings. The lowest BCUT2D eigenvalue weighted by Crippen LogP contribution is -1.92. The van der Waals surface area contributed by atoms with E-state index in [1.807, 2.05) is 0 Å². The van der Waals surface area contributed by atoms with Gasteiger partial charge in [-0.25, -0.2) is 0 Å². The van der Waals surface area contributed by atoms with Gasteiger partial charge in [-0.3, -0.25) is 0 Å². The maximum Gasteiger partial charge on any atom is 0.110 e. The van der Waals surface area contributed by atoms with Gasteiger partial charge in [0.25, 0.3) is 0 Å². The fraction of sp³-hybridized carbons (Fsp3) is 0.125. The van der Waals surface area contributed by atoms with Crippen molar-refractivity contribution in [2.24, 2.45) is 0 Å². The van der Waals surface area contributed by atoms with Crippen molar-refractivity contribution >= 4 is 44.5 Å². The minimum atomic E-state index is 0. The highest BCUT2D eigenvalue weighted by Gasteiger charge is 2.13. The Morgan fingerprint density at radius 1 is 0.950 bits per heavy atom. The number of nitrogen functional groups attached to an aromatic ring is 2. The third-order valence-corrected chi connectivity index (χ3v) is 4.47. The predicted octanol–water partition coefficient (Wildman–Crippen LogP) is 4.72. The number of hydrogen-bond acceptors (Lipinski definition) is 3. The number of fused-ring (bicyclic) bond motifs is 1. The standard InChI is InChI=1S/C16H16N2S.ClH/c1-2-10-6-3-4-7-11(10)12-8-5-9-13-14(12)15(17)16(18)19-13;/h3-9H,2,17-18H2,1H3;1H. The average Bonchev–Trinajstić information content (AvgIpc) is 2.74. The third kappa shape index (κ3) is 2.23. The van der Waals surface area contributed by atoms with Crippen molar-refractivity contribution in [3.63, 3.8) is 0 Å². The Bertz CT molecular complexity index is 749. The summed E-state index contributed by atoms with van der Waals surface area (Å²) in [5.41, 5.74) is 16.6. The van der Waals surface area contributed by atoms with Gasteiger partial charge in [-0.15, -0.1) is 23.7 Å². The summed E-state index contributed by atoms with van der Waals surface area (Å²) in [6.07, 6.45) is 1.01. The molecule has 0 saturated carbocycles. The molecule has 0 bridgehead atoms. The van der Waals surface area contributed by atoms with E-state index in [0.29, 0.717) is 10.7 Å². The SMILES string of the molecule is CCc1ccccc1-c1cccc2sc(N)c(N)c12.Cl. The van der Waals surface area contributed by atoms with Gasteiger partial charge < -0.3 is 11.5 Å². The molecular weight excluding hydrogens is 288 g/mol. The van der Waals surface area contributed by atoms with Gasteiger partial charge in [0.1, 0.15) is 5.00 Å². The minimum Gasteiger partial charge on any atom is -0.396 e. The lowest BCUT2D eigenvalue weighted by atomic mass is 9.95. The number of hydrogen-bond donors (Lipinski definition) is 2. The van der Waals surface area contributed by atoms with Crippen LogP contribution in [-0.2, 0) is 6.42 Å². The first-order chi connectivity index (χ1) is 9.22. The Kier molecular flexibility index (Phi) is 4.21. The molecule has 0 aliphatic carbocycles. The number of thiophene rings is 1. The summed E-state index contributed by atoms with van der Waals surface area (Å²) in [7, 11) is 0. The van der Waals surface area contributed by atoms with Gasteiger partial charge in [0.15, 0.2) is 0 Å². The zero-order valence-electron chi connectivity index (χ0n) is 11.2. The molecule has 0 aliphatic heterocycles. The molecule has 2 nitrogen and oxygen atoms in total. The van der Waals surface area contributed by atoms with Crippen LogP contribution in [0.25, 0.3) is 21.2 Å². The van der Waals surface area contributed by atoms with Crippen LogP contribution in [-0.4, -0.2) is 0 Å². The van der Waals surface area contributed by atoms with Gasteiger partial charge in [0.2, 0.25) is 0 Å². The summed E-state index contributed by atoms with van der Waals surface area (Å²) in [5, 5.41) is 1.79. The van der Waals surface area contributed by atoms with Crippen molar-refractivity contribution in [3.05, 3.63) is 48.0 Å². The summed E-state index contributed by atoms with van der Waals surface area (Å²) in [6.45, 7) is 2.17. The van der Waals surface area contributed by atoms with E-state index in [-0.39, 0.29) is 12.4 Å². The van der Waals surface area contributed by atoms with Crippen molar-refractivity contribution in [3.8, 4) is 11.1 Å². The second-order valence-electron chi connectivity index (χ2n) is 4.57. The quantitative estimate of drug-likeness (QED) is 0.720. The number of benzene rings is 2. The summed E-state index contributed by atoms with van der Waals surface area (Å²) in [4.78, 5) is 0. The largest absolute Gasteiger partial charge is 0.396 e. The summed E-state index contributed by atoms with van der Waals surface area (Å²) < 4.78 is 1.15. The fourth-order valence-corrected chi connectivity index (χ4v) is 3.42. The van der Waals surface area contributed by atoms with Gasteiger partial charge in [0.05, 0.1) is 5.69 Å². The van der Waals surface area contributed by atoms with Crippen molar-refractivity contribution < 1.29 is 0 Å². The summed E-state index contributed by atoms with van der Waals surface area (Å²) in [5.74, 6) is 0. The van der Waals surface area contributed by atoms with Crippen LogP contribution in [0.2, 0.25) is 0 Å². The van der Waals surface area contributed by atoms with E-state index >= 15 is 0 Å². The highest BCUT2D eigenvalue weighted by Crippen LogP contribution is 2.42. The maximum atomic E-state index is 6.15. The monoisotopic (exact) mass is 304 g/mol. The number of aryl methyl sites for hydroxylation is 1. The molecule has 0 atom stereocenters. The highest BCUT2D eigenvalue weighted by atomic mass is 35.5. The van der Waals surface area contributed by atoms with E-state index < -0.39 is 0 Å². The molecular formula is C16H17ClN2S. The van der Waals surface area contributed by atoms with Crippen LogP contribution in [0, 0.1) is 0 Å². The summed E-state index contributed by atoms with van der Waals surface area (Å²) in [6, 6.07) is 14.7. The molecule has 2 aromatic carbocycles. The number of rotatable bonds is 2. The molecule has 4 heteroatoms. The fourth-order valence-electron chi connectivity index (χ4n) is 2.51. The summed E-state index contributed by atoms with van der Waals surface area (Å²) >= 11 is 1.55. The van der Waals surface area contributed by atoms with Crippen LogP contribution >= 0.6 is 23.7 Å². The number of anilines is 2. The van der Waals surface area contributed by atoms with Crippen LogP contribution in [0.4, 0.5) is 10.7 Å².